The van der Waals surface area contributed by atoms with Crippen LogP contribution in [0.25, 0.3) is 0 Å². The van der Waals surface area contributed by atoms with Crippen LogP contribution in [0.1, 0.15) is 32.0 Å². The fourth-order valence-electron chi connectivity index (χ4n) is 2.68. The maximum absolute atomic E-state index is 6.13. The molecule has 0 spiro atoms. The lowest BCUT2D eigenvalue weighted by atomic mass is 10.0. The van der Waals surface area contributed by atoms with Crippen LogP contribution in [-0.2, 0) is 15.2 Å². The van der Waals surface area contributed by atoms with Crippen molar-refractivity contribution in [2.75, 3.05) is 24.7 Å². The zero-order chi connectivity index (χ0) is 13.6. The van der Waals surface area contributed by atoms with E-state index < -0.39 is 0 Å². The van der Waals surface area contributed by atoms with Crippen LogP contribution in [0.5, 0.6) is 0 Å². The van der Waals surface area contributed by atoms with Crippen LogP contribution in [0.4, 0.5) is 5.82 Å². The van der Waals surface area contributed by atoms with Crippen LogP contribution in [0.15, 0.2) is 0 Å². The SMILES string of the molecule is C[C@H]1COCCN1c1nc(Cl)nc2c1CSC2(C)C. The highest BCUT2D eigenvalue weighted by Crippen LogP contribution is 2.48. The third-order valence-corrected chi connectivity index (χ3v) is 5.26. The summed E-state index contributed by atoms with van der Waals surface area (Å²) >= 11 is 8.03. The molecule has 3 rings (SSSR count). The molecule has 0 N–H and O–H groups in total. The van der Waals surface area contributed by atoms with Gasteiger partial charge in [0.05, 0.1) is 29.7 Å². The minimum atomic E-state index is 0.0200. The van der Waals surface area contributed by atoms with Crippen LogP contribution in [-0.4, -0.2) is 35.8 Å². The number of anilines is 1. The molecule has 2 aliphatic rings. The van der Waals surface area contributed by atoms with Crippen molar-refractivity contribution in [2.45, 2.75) is 37.3 Å². The van der Waals surface area contributed by atoms with E-state index in [1.54, 1.807) is 0 Å². The molecule has 0 saturated carbocycles. The van der Waals surface area contributed by atoms with Gasteiger partial charge in [0, 0.05) is 17.9 Å². The molecule has 104 valence electrons. The first-order chi connectivity index (χ1) is 8.99. The fourth-order valence-corrected chi connectivity index (χ4v) is 3.92. The number of fused-ring (bicyclic) bond motifs is 1. The average molecular weight is 300 g/mol. The van der Waals surface area contributed by atoms with E-state index in [0.29, 0.717) is 11.3 Å². The molecule has 0 bridgehead atoms. The van der Waals surface area contributed by atoms with E-state index in [-0.39, 0.29) is 4.75 Å². The smallest absolute Gasteiger partial charge is 0.224 e. The molecule has 19 heavy (non-hydrogen) atoms. The normalized spacial score (nSPS) is 25.5. The third kappa shape index (κ3) is 2.32. The van der Waals surface area contributed by atoms with Gasteiger partial charge in [-0.05, 0) is 32.4 Å². The molecule has 1 aromatic heterocycles. The molecule has 2 aliphatic heterocycles. The van der Waals surface area contributed by atoms with Crippen LogP contribution >= 0.6 is 23.4 Å². The molecule has 0 amide bonds. The Bertz CT molecular complexity index is 509. The molecule has 0 unspecified atom stereocenters. The van der Waals surface area contributed by atoms with Crippen molar-refractivity contribution in [1.29, 1.82) is 0 Å². The molecule has 1 atom stereocenters. The first-order valence-corrected chi connectivity index (χ1v) is 7.90. The van der Waals surface area contributed by atoms with Crippen molar-refractivity contribution in [3.63, 3.8) is 0 Å². The molecule has 4 nitrogen and oxygen atoms in total. The lowest BCUT2D eigenvalue weighted by Crippen LogP contribution is -2.44. The largest absolute Gasteiger partial charge is 0.377 e. The summed E-state index contributed by atoms with van der Waals surface area (Å²) in [6.07, 6.45) is 0. The van der Waals surface area contributed by atoms with Gasteiger partial charge in [0.25, 0.3) is 0 Å². The van der Waals surface area contributed by atoms with Crippen molar-refractivity contribution in [3.05, 3.63) is 16.5 Å². The maximum Gasteiger partial charge on any atom is 0.224 e. The minimum absolute atomic E-state index is 0.0200. The van der Waals surface area contributed by atoms with Gasteiger partial charge < -0.3 is 9.64 Å². The Hall–Kier alpha value is -0.520. The van der Waals surface area contributed by atoms with E-state index in [2.05, 4.69) is 35.6 Å². The number of morpholine rings is 1. The zero-order valence-corrected chi connectivity index (χ0v) is 13.0. The molecule has 6 heteroatoms. The summed E-state index contributed by atoms with van der Waals surface area (Å²) in [5.41, 5.74) is 2.33. The van der Waals surface area contributed by atoms with E-state index in [4.69, 9.17) is 16.3 Å². The van der Waals surface area contributed by atoms with E-state index in [1.165, 1.54) is 5.56 Å². The summed E-state index contributed by atoms with van der Waals surface area (Å²) in [6.45, 7) is 8.91. The summed E-state index contributed by atoms with van der Waals surface area (Å²) < 4.78 is 5.52. The van der Waals surface area contributed by atoms with Gasteiger partial charge in [-0.15, -0.1) is 11.8 Å². The number of ether oxygens (including phenoxy) is 1. The van der Waals surface area contributed by atoms with Crippen molar-refractivity contribution >= 4 is 29.2 Å². The van der Waals surface area contributed by atoms with Crippen molar-refractivity contribution in [2.24, 2.45) is 0 Å². The standard InChI is InChI=1S/C13H18ClN3OS/c1-8-6-18-5-4-17(8)11-9-7-19-13(2,3)10(9)15-12(14)16-11/h8H,4-7H2,1-3H3/t8-/m0/s1. The molecule has 1 saturated heterocycles. The number of hydrogen-bond acceptors (Lipinski definition) is 5. The summed E-state index contributed by atoms with van der Waals surface area (Å²) in [4.78, 5) is 11.3. The van der Waals surface area contributed by atoms with Crippen LogP contribution < -0.4 is 4.90 Å². The Kier molecular flexibility index (Phi) is 3.39. The summed E-state index contributed by atoms with van der Waals surface area (Å²) in [5.74, 6) is 1.96. The summed E-state index contributed by atoms with van der Waals surface area (Å²) in [5, 5.41) is 0.350. The van der Waals surface area contributed by atoms with E-state index in [1.807, 2.05) is 11.8 Å². The second kappa shape index (κ2) is 4.79. The van der Waals surface area contributed by atoms with Gasteiger partial charge in [-0.1, -0.05) is 0 Å². The van der Waals surface area contributed by atoms with E-state index in [9.17, 15) is 0 Å². The average Bonchev–Trinajstić information content (AvgIpc) is 2.65. The predicted molar refractivity (Wildman–Crippen MR) is 79.0 cm³/mol. The van der Waals surface area contributed by atoms with E-state index in [0.717, 1.165) is 37.0 Å². The highest BCUT2D eigenvalue weighted by Gasteiger charge is 2.37. The minimum Gasteiger partial charge on any atom is -0.377 e. The van der Waals surface area contributed by atoms with Crippen molar-refractivity contribution < 1.29 is 4.74 Å². The van der Waals surface area contributed by atoms with Gasteiger partial charge in [-0.25, -0.2) is 9.97 Å². The van der Waals surface area contributed by atoms with Gasteiger partial charge >= 0.3 is 0 Å². The summed E-state index contributed by atoms with van der Waals surface area (Å²) in [7, 11) is 0. The molecule has 1 aromatic rings. The van der Waals surface area contributed by atoms with Crippen LogP contribution in [0, 0.1) is 0 Å². The van der Waals surface area contributed by atoms with Crippen molar-refractivity contribution in [3.8, 4) is 0 Å². The Labute approximate surface area is 122 Å². The topological polar surface area (TPSA) is 38.2 Å². The van der Waals surface area contributed by atoms with Gasteiger partial charge in [0.15, 0.2) is 0 Å². The Balaban J connectivity index is 2.07. The Morgan fingerprint density at radius 2 is 2.21 bits per heavy atom. The van der Waals surface area contributed by atoms with Crippen LogP contribution in [0.2, 0.25) is 5.28 Å². The van der Waals surface area contributed by atoms with Crippen molar-refractivity contribution in [1.82, 2.24) is 9.97 Å². The monoisotopic (exact) mass is 299 g/mol. The number of halogens is 1. The molecular weight excluding hydrogens is 282 g/mol. The Morgan fingerprint density at radius 1 is 1.42 bits per heavy atom. The number of rotatable bonds is 1. The molecule has 0 radical (unpaired) electrons. The first-order valence-electron chi connectivity index (χ1n) is 6.54. The van der Waals surface area contributed by atoms with Gasteiger partial charge in [-0.2, -0.15) is 0 Å². The highest BCUT2D eigenvalue weighted by atomic mass is 35.5. The van der Waals surface area contributed by atoms with E-state index >= 15 is 0 Å². The lowest BCUT2D eigenvalue weighted by Gasteiger charge is -2.35. The Morgan fingerprint density at radius 3 is 2.95 bits per heavy atom. The number of hydrogen-bond donors (Lipinski definition) is 0. The molecule has 0 aliphatic carbocycles. The lowest BCUT2D eigenvalue weighted by molar-refractivity contribution is 0.0984. The first kappa shape index (κ1) is 13.5. The fraction of sp³-hybridized carbons (Fsp3) is 0.692. The van der Waals surface area contributed by atoms with Gasteiger partial charge in [0.1, 0.15) is 5.82 Å². The number of aromatic nitrogens is 2. The van der Waals surface area contributed by atoms with Gasteiger partial charge in [-0.3, -0.25) is 0 Å². The summed E-state index contributed by atoms with van der Waals surface area (Å²) in [6, 6.07) is 0.331. The molecule has 3 heterocycles. The third-order valence-electron chi connectivity index (χ3n) is 3.75. The zero-order valence-electron chi connectivity index (χ0n) is 11.4. The molecule has 0 aromatic carbocycles. The van der Waals surface area contributed by atoms with Gasteiger partial charge in [0.2, 0.25) is 5.28 Å². The molecular formula is C13H18ClN3OS. The highest BCUT2D eigenvalue weighted by molar-refractivity contribution is 7.99. The van der Waals surface area contributed by atoms with Crippen LogP contribution in [0.3, 0.4) is 0 Å². The number of thioether (sulfide) groups is 1. The molecule has 1 fully saturated rings. The number of nitrogens with zero attached hydrogens (tertiary/aromatic N) is 3. The second-order valence-electron chi connectivity index (χ2n) is 5.56. The predicted octanol–water partition coefficient (Wildman–Crippen LogP) is 2.84. The maximum atomic E-state index is 6.13. The quantitative estimate of drug-likeness (QED) is 0.746. The second-order valence-corrected chi connectivity index (χ2v) is 7.50.